The zero-order chi connectivity index (χ0) is 18.2. The predicted octanol–water partition coefficient (Wildman–Crippen LogP) is 3.49. The molecule has 0 aliphatic carbocycles. The van der Waals surface area contributed by atoms with Crippen molar-refractivity contribution in [1.29, 1.82) is 0 Å². The predicted molar refractivity (Wildman–Crippen MR) is 99.9 cm³/mol. The Kier molecular flexibility index (Phi) is 6.95. The van der Waals surface area contributed by atoms with Gasteiger partial charge in [-0.25, -0.2) is 4.98 Å². The van der Waals surface area contributed by atoms with Gasteiger partial charge in [-0.2, -0.15) is 0 Å². The Balaban J connectivity index is 1.84. The molecule has 5 heteroatoms. The van der Waals surface area contributed by atoms with Gasteiger partial charge in [-0.05, 0) is 56.1 Å². The van der Waals surface area contributed by atoms with Crippen LogP contribution >= 0.6 is 0 Å². The van der Waals surface area contributed by atoms with Crippen molar-refractivity contribution in [3.8, 4) is 11.6 Å². The summed E-state index contributed by atoms with van der Waals surface area (Å²) in [5, 5.41) is 0. The first-order valence-corrected chi connectivity index (χ1v) is 8.65. The Bertz CT molecular complexity index is 666. The van der Waals surface area contributed by atoms with Crippen LogP contribution in [0.3, 0.4) is 0 Å². The van der Waals surface area contributed by atoms with Gasteiger partial charge in [0, 0.05) is 18.8 Å². The van der Waals surface area contributed by atoms with Gasteiger partial charge in [0.2, 0.25) is 11.8 Å². The lowest BCUT2D eigenvalue weighted by Gasteiger charge is -2.17. The lowest BCUT2D eigenvalue weighted by Crippen LogP contribution is -2.23. The van der Waals surface area contributed by atoms with E-state index < -0.39 is 5.91 Å². The van der Waals surface area contributed by atoms with Gasteiger partial charge in [-0.1, -0.05) is 26.0 Å². The maximum atomic E-state index is 11.0. The van der Waals surface area contributed by atoms with Gasteiger partial charge in [0.05, 0.1) is 5.56 Å². The fourth-order valence-corrected chi connectivity index (χ4v) is 2.34. The van der Waals surface area contributed by atoms with Crippen LogP contribution in [0, 0.1) is 5.92 Å². The van der Waals surface area contributed by atoms with E-state index in [1.165, 1.54) is 18.2 Å². The van der Waals surface area contributed by atoms with Crippen molar-refractivity contribution >= 4 is 5.91 Å². The molecule has 2 aromatic rings. The second-order valence-corrected chi connectivity index (χ2v) is 6.73. The van der Waals surface area contributed by atoms with E-state index in [4.69, 9.17) is 10.5 Å². The molecule has 0 fully saturated rings. The first-order valence-electron chi connectivity index (χ1n) is 8.65. The maximum absolute atomic E-state index is 11.0. The maximum Gasteiger partial charge on any atom is 0.250 e. The van der Waals surface area contributed by atoms with Gasteiger partial charge in [-0.3, -0.25) is 4.79 Å². The molecule has 0 atom stereocenters. The summed E-state index contributed by atoms with van der Waals surface area (Å²) in [5.74, 6) is 1.40. The molecule has 134 valence electrons. The van der Waals surface area contributed by atoms with Crippen LogP contribution < -0.4 is 10.5 Å². The third-order valence-corrected chi connectivity index (χ3v) is 4.04. The summed E-state index contributed by atoms with van der Waals surface area (Å²) in [6, 6.07) is 11.3. The topological polar surface area (TPSA) is 68.5 Å². The molecule has 1 heterocycles. The molecule has 2 N–H and O–H groups in total. The SMILES string of the molecule is CC(C)CCN(C)CCc1ccc(Oc2ccc(C(N)=O)cn2)cc1. The standard InChI is InChI=1S/C20H27N3O2/c1-15(2)10-12-23(3)13-11-16-4-7-18(8-5-16)25-19-9-6-17(14-22-19)20(21)24/h4-9,14-15H,10-13H2,1-3H3,(H2,21,24). The third kappa shape index (κ3) is 6.55. The molecule has 5 nitrogen and oxygen atoms in total. The van der Waals surface area contributed by atoms with E-state index in [2.05, 4.69) is 42.9 Å². The van der Waals surface area contributed by atoms with Crippen LogP contribution in [0.5, 0.6) is 11.6 Å². The highest BCUT2D eigenvalue weighted by atomic mass is 16.5. The number of aromatic nitrogens is 1. The summed E-state index contributed by atoms with van der Waals surface area (Å²) in [6.45, 7) is 6.68. The quantitative estimate of drug-likeness (QED) is 0.758. The van der Waals surface area contributed by atoms with Gasteiger partial charge in [0.25, 0.3) is 0 Å². The van der Waals surface area contributed by atoms with Crippen LogP contribution in [-0.4, -0.2) is 35.9 Å². The molecule has 2 rings (SSSR count). The Hall–Kier alpha value is -2.40. The number of nitrogens with zero attached hydrogens (tertiary/aromatic N) is 2. The average Bonchev–Trinajstić information content (AvgIpc) is 2.60. The van der Waals surface area contributed by atoms with Crippen molar-refractivity contribution in [3.63, 3.8) is 0 Å². The summed E-state index contributed by atoms with van der Waals surface area (Å²) >= 11 is 0. The van der Waals surface area contributed by atoms with E-state index in [0.717, 1.165) is 31.2 Å². The number of hydrogen-bond donors (Lipinski definition) is 1. The second kappa shape index (κ2) is 9.18. The van der Waals surface area contributed by atoms with Crippen LogP contribution in [0.4, 0.5) is 0 Å². The largest absolute Gasteiger partial charge is 0.439 e. The normalized spacial score (nSPS) is 11.1. The average molecular weight is 341 g/mol. The first kappa shape index (κ1) is 18.9. The fourth-order valence-electron chi connectivity index (χ4n) is 2.34. The second-order valence-electron chi connectivity index (χ2n) is 6.73. The Morgan fingerprint density at radius 3 is 2.44 bits per heavy atom. The van der Waals surface area contributed by atoms with Gasteiger partial charge in [-0.15, -0.1) is 0 Å². The number of likely N-dealkylation sites (N-methyl/N-ethyl adjacent to an activating group) is 1. The Morgan fingerprint density at radius 1 is 1.16 bits per heavy atom. The smallest absolute Gasteiger partial charge is 0.250 e. The summed E-state index contributed by atoms with van der Waals surface area (Å²) in [7, 11) is 2.17. The van der Waals surface area contributed by atoms with Crippen LogP contribution in [-0.2, 0) is 6.42 Å². The number of ether oxygens (including phenoxy) is 1. The third-order valence-electron chi connectivity index (χ3n) is 4.04. The van der Waals surface area contributed by atoms with E-state index in [1.807, 2.05) is 12.1 Å². The number of hydrogen-bond acceptors (Lipinski definition) is 4. The van der Waals surface area contributed by atoms with Crippen molar-refractivity contribution in [1.82, 2.24) is 9.88 Å². The van der Waals surface area contributed by atoms with Crippen molar-refractivity contribution < 1.29 is 9.53 Å². The molecular formula is C20H27N3O2. The van der Waals surface area contributed by atoms with Crippen LogP contribution in [0.2, 0.25) is 0 Å². The van der Waals surface area contributed by atoms with Gasteiger partial charge in [0.1, 0.15) is 5.75 Å². The zero-order valence-electron chi connectivity index (χ0n) is 15.2. The van der Waals surface area contributed by atoms with E-state index in [0.29, 0.717) is 11.4 Å². The molecule has 1 aromatic carbocycles. The molecule has 1 aromatic heterocycles. The summed E-state index contributed by atoms with van der Waals surface area (Å²) in [4.78, 5) is 17.5. The minimum absolute atomic E-state index is 0.365. The molecule has 0 spiro atoms. The van der Waals surface area contributed by atoms with Crippen molar-refractivity contribution in [2.45, 2.75) is 26.7 Å². The van der Waals surface area contributed by atoms with Crippen molar-refractivity contribution in [2.75, 3.05) is 20.1 Å². The molecule has 0 bridgehead atoms. The molecular weight excluding hydrogens is 314 g/mol. The molecule has 0 aliphatic rings. The van der Waals surface area contributed by atoms with Crippen LogP contribution in [0.1, 0.15) is 36.2 Å². The number of rotatable bonds is 9. The van der Waals surface area contributed by atoms with Gasteiger partial charge >= 0.3 is 0 Å². The van der Waals surface area contributed by atoms with Crippen molar-refractivity contribution in [3.05, 3.63) is 53.7 Å². The van der Waals surface area contributed by atoms with E-state index in [-0.39, 0.29) is 0 Å². The monoisotopic (exact) mass is 341 g/mol. The first-order chi connectivity index (χ1) is 11.9. The number of amides is 1. The van der Waals surface area contributed by atoms with Gasteiger partial charge < -0.3 is 15.4 Å². The lowest BCUT2D eigenvalue weighted by molar-refractivity contribution is 0.1000. The highest BCUT2D eigenvalue weighted by Crippen LogP contribution is 2.20. The fraction of sp³-hybridized carbons (Fsp3) is 0.400. The molecule has 0 saturated heterocycles. The van der Waals surface area contributed by atoms with Crippen LogP contribution in [0.15, 0.2) is 42.6 Å². The molecule has 0 aliphatic heterocycles. The van der Waals surface area contributed by atoms with E-state index in [9.17, 15) is 4.79 Å². The number of pyridine rings is 1. The van der Waals surface area contributed by atoms with Crippen molar-refractivity contribution in [2.24, 2.45) is 11.7 Å². The van der Waals surface area contributed by atoms with Crippen LogP contribution in [0.25, 0.3) is 0 Å². The number of carbonyl (C=O) groups excluding carboxylic acids is 1. The van der Waals surface area contributed by atoms with E-state index in [1.54, 1.807) is 12.1 Å². The Morgan fingerprint density at radius 2 is 1.88 bits per heavy atom. The molecule has 0 unspecified atom stereocenters. The minimum atomic E-state index is -0.498. The number of carbonyl (C=O) groups is 1. The zero-order valence-corrected chi connectivity index (χ0v) is 15.2. The summed E-state index contributed by atoms with van der Waals surface area (Å²) in [6.07, 6.45) is 3.66. The highest BCUT2D eigenvalue weighted by molar-refractivity contribution is 5.92. The highest BCUT2D eigenvalue weighted by Gasteiger charge is 2.04. The summed E-state index contributed by atoms with van der Waals surface area (Å²) < 4.78 is 5.68. The van der Waals surface area contributed by atoms with E-state index >= 15 is 0 Å². The molecule has 1 amide bonds. The minimum Gasteiger partial charge on any atom is -0.439 e. The number of nitrogens with two attached hydrogens (primary N) is 1. The number of benzene rings is 1. The summed E-state index contributed by atoms with van der Waals surface area (Å²) in [5.41, 5.74) is 6.84. The molecule has 25 heavy (non-hydrogen) atoms. The molecule has 0 saturated carbocycles. The van der Waals surface area contributed by atoms with Gasteiger partial charge in [0.15, 0.2) is 0 Å². The lowest BCUT2D eigenvalue weighted by atomic mass is 10.1. The molecule has 0 radical (unpaired) electrons. The Labute approximate surface area is 149 Å². The number of primary amides is 1.